The zero-order valence-corrected chi connectivity index (χ0v) is 15.1. The standard InChI is InChI=1S/C19H17F2N3O4/c1-19(13-6-8-14(9-7-13)28-17(20)21)16(25)24(18(26)23-19)22-11-12-4-3-5-15(10-12)27-2/h3-11,17H,1-2H3,(H,23,26)/t19-/m1/s1. The van der Waals surface area contributed by atoms with Crippen LogP contribution in [-0.2, 0) is 10.3 Å². The number of carbonyl (C=O) groups excluding carboxylic acids is 2. The van der Waals surface area contributed by atoms with Gasteiger partial charge in [-0.05, 0) is 42.3 Å². The van der Waals surface area contributed by atoms with Crippen LogP contribution in [0.15, 0.2) is 53.6 Å². The number of methoxy groups -OCH3 is 1. The van der Waals surface area contributed by atoms with Crippen LogP contribution >= 0.6 is 0 Å². The number of carbonyl (C=O) groups is 2. The second kappa shape index (κ2) is 7.63. The lowest BCUT2D eigenvalue weighted by atomic mass is 9.92. The summed E-state index contributed by atoms with van der Waals surface area (Å²) in [4.78, 5) is 25.1. The first kappa shape index (κ1) is 19.3. The quantitative estimate of drug-likeness (QED) is 0.608. The molecule has 0 radical (unpaired) electrons. The monoisotopic (exact) mass is 389 g/mol. The number of urea groups is 1. The molecule has 0 saturated carbocycles. The average Bonchev–Trinajstić information content (AvgIpc) is 2.89. The van der Waals surface area contributed by atoms with Crippen LogP contribution in [0.25, 0.3) is 0 Å². The van der Waals surface area contributed by atoms with Gasteiger partial charge in [-0.15, -0.1) is 5.01 Å². The molecule has 1 fully saturated rings. The predicted molar refractivity (Wildman–Crippen MR) is 96.4 cm³/mol. The predicted octanol–water partition coefficient (Wildman–Crippen LogP) is 3.10. The van der Waals surface area contributed by atoms with Crippen LogP contribution in [0.1, 0.15) is 18.1 Å². The zero-order valence-electron chi connectivity index (χ0n) is 15.1. The molecule has 1 saturated heterocycles. The molecule has 1 aliphatic rings. The number of alkyl halides is 2. The number of rotatable bonds is 6. The van der Waals surface area contributed by atoms with Gasteiger partial charge in [0.2, 0.25) is 0 Å². The minimum Gasteiger partial charge on any atom is -0.497 e. The van der Waals surface area contributed by atoms with Crippen molar-refractivity contribution >= 4 is 18.2 Å². The van der Waals surface area contributed by atoms with E-state index in [0.29, 0.717) is 16.9 Å². The summed E-state index contributed by atoms with van der Waals surface area (Å²) in [6.07, 6.45) is 1.37. The number of halogens is 2. The topological polar surface area (TPSA) is 80.2 Å². The lowest BCUT2D eigenvalue weighted by molar-refractivity contribution is -0.131. The van der Waals surface area contributed by atoms with Gasteiger partial charge in [0.05, 0.1) is 13.3 Å². The number of ether oxygens (including phenoxy) is 2. The Morgan fingerprint density at radius 1 is 1.14 bits per heavy atom. The highest BCUT2D eigenvalue weighted by molar-refractivity contribution is 6.07. The first-order chi connectivity index (χ1) is 13.3. The molecular formula is C19H17F2N3O4. The maximum Gasteiger partial charge on any atom is 0.387 e. The van der Waals surface area contributed by atoms with Crippen LogP contribution in [0.4, 0.5) is 13.6 Å². The molecule has 0 bridgehead atoms. The largest absolute Gasteiger partial charge is 0.497 e. The molecule has 1 heterocycles. The third-order valence-electron chi connectivity index (χ3n) is 4.24. The number of nitrogens with zero attached hydrogens (tertiary/aromatic N) is 2. The van der Waals surface area contributed by atoms with Gasteiger partial charge >= 0.3 is 12.6 Å². The Morgan fingerprint density at radius 2 is 1.86 bits per heavy atom. The van der Waals surface area contributed by atoms with Gasteiger partial charge in [0.15, 0.2) is 0 Å². The SMILES string of the molecule is COc1cccc(C=NN2C(=O)N[C@](C)(c3ccc(OC(F)F)cc3)C2=O)c1. The Kier molecular flexibility index (Phi) is 5.25. The summed E-state index contributed by atoms with van der Waals surface area (Å²) in [6.45, 7) is -1.44. The highest BCUT2D eigenvalue weighted by Gasteiger charge is 2.49. The number of hydrazone groups is 1. The smallest absolute Gasteiger partial charge is 0.387 e. The van der Waals surface area contributed by atoms with Crippen molar-refractivity contribution in [1.29, 1.82) is 0 Å². The second-order valence-electron chi connectivity index (χ2n) is 6.10. The zero-order chi connectivity index (χ0) is 20.3. The summed E-state index contributed by atoms with van der Waals surface area (Å²) in [7, 11) is 1.52. The van der Waals surface area contributed by atoms with E-state index in [2.05, 4.69) is 15.2 Å². The molecule has 0 unspecified atom stereocenters. The summed E-state index contributed by atoms with van der Waals surface area (Å²) in [6, 6.07) is 11.7. The number of nitrogens with one attached hydrogen (secondary N) is 1. The summed E-state index contributed by atoms with van der Waals surface area (Å²) >= 11 is 0. The highest BCUT2D eigenvalue weighted by atomic mass is 19.3. The van der Waals surface area contributed by atoms with Crippen LogP contribution in [0, 0.1) is 0 Å². The highest BCUT2D eigenvalue weighted by Crippen LogP contribution is 2.30. The third kappa shape index (κ3) is 3.78. The maximum absolute atomic E-state index is 12.8. The van der Waals surface area contributed by atoms with Gasteiger partial charge in [-0.1, -0.05) is 24.3 Å². The van der Waals surface area contributed by atoms with Gasteiger partial charge in [0, 0.05) is 0 Å². The number of hydrogen-bond donors (Lipinski definition) is 1. The summed E-state index contributed by atoms with van der Waals surface area (Å²) in [5.74, 6) is -0.0386. The van der Waals surface area contributed by atoms with Crippen LogP contribution < -0.4 is 14.8 Å². The van der Waals surface area contributed by atoms with Gasteiger partial charge in [0.1, 0.15) is 17.0 Å². The van der Waals surface area contributed by atoms with Gasteiger partial charge < -0.3 is 14.8 Å². The van der Waals surface area contributed by atoms with Crippen molar-refractivity contribution in [3.8, 4) is 11.5 Å². The van der Waals surface area contributed by atoms with E-state index >= 15 is 0 Å². The number of amides is 3. The van der Waals surface area contributed by atoms with E-state index in [1.165, 1.54) is 44.5 Å². The molecule has 1 atom stereocenters. The number of hydrogen-bond acceptors (Lipinski definition) is 5. The normalized spacial score (nSPS) is 19.4. The van der Waals surface area contributed by atoms with Crippen molar-refractivity contribution in [3.05, 3.63) is 59.7 Å². The summed E-state index contributed by atoms with van der Waals surface area (Å²) < 4.78 is 33.9. The Bertz CT molecular complexity index is 918. The Labute approximate surface area is 159 Å². The molecule has 1 N–H and O–H groups in total. The van der Waals surface area contributed by atoms with E-state index in [1.807, 2.05) is 0 Å². The molecular weight excluding hydrogens is 372 g/mol. The molecule has 0 aliphatic carbocycles. The van der Waals surface area contributed by atoms with Crippen molar-refractivity contribution < 1.29 is 27.8 Å². The van der Waals surface area contributed by atoms with Crippen molar-refractivity contribution in [2.24, 2.45) is 5.10 Å². The molecule has 2 aromatic carbocycles. The lowest BCUT2D eigenvalue weighted by Crippen LogP contribution is -2.40. The Hall–Kier alpha value is -3.49. The minimum atomic E-state index is -2.95. The molecule has 0 spiro atoms. The van der Waals surface area contributed by atoms with Crippen LogP contribution in [0.2, 0.25) is 0 Å². The van der Waals surface area contributed by atoms with Gasteiger partial charge in [-0.25, -0.2) is 4.79 Å². The van der Waals surface area contributed by atoms with E-state index in [4.69, 9.17) is 4.74 Å². The molecule has 3 amide bonds. The molecule has 28 heavy (non-hydrogen) atoms. The molecule has 1 aliphatic heterocycles. The van der Waals surface area contributed by atoms with Crippen LogP contribution in [-0.4, -0.2) is 36.9 Å². The number of imide groups is 1. The van der Waals surface area contributed by atoms with Crippen LogP contribution in [0.3, 0.4) is 0 Å². The fraction of sp³-hybridized carbons (Fsp3) is 0.211. The average molecular weight is 389 g/mol. The lowest BCUT2D eigenvalue weighted by Gasteiger charge is -2.21. The number of benzene rings is 2. The van der Waals surface area contributed by atoms with E-state index in [1.54, 1.807) is 24.3 Å². The van der Waals surface area contributed by atoms with Crippen molar-refractivity contribution in [2.75, 3.05) is 7.11 Å². The molecule has 3 rings (SSSR count). The fourth-order valence-electron chi connectivity index (χ4n) is 2.74. The Morgan fingerprint density at radius 3 is 2.50 bits per heavy atom. The molecule has 146 valence electrons. The maximum atomic E-state index is 12.8. The van der Waals surface area contributed by atoms with E-state index in [-0.39, 0.29) is 5.75 Å². The molecule has 9 heteroatoms. The van der Waals surface area contributed by atoms with Gasteiger partial charge in [0.25, 0.3) is 5.91 Å². The van der Waals surface area contributed by atoms with E-state index < -0.39 is 24.1 Å². The van der Waals surface area contributed by atoms with E-state index in [9.17, 15) is 18.4 Å². The van der Waals surface area contributed by atoms with E-state index in [0.717, 1.165) is 5.01 Å². The van der Waals surface area contributed by atoms with Gasteiger partial charge in [-0.3, -0.25) is 4.79 Å². The summed E-state index contributed by atoms with van der Waals surface area (Å²) in [5, 5.41) is 7.28. The summed E-state index contributed by atoms with van der Waals surface area (Å²) in [5.41, 5.74) is -0.333. The minimum absolute atomic E-state index is 0.0491. The fourth-order valence-corrected chi connectivity index (χ4v) is 2.74. The second-order valence-corrected chi connectivity index (χ2v) is 6.10. The van der Waals surface area contributed by atoms with Crippen molar-refractivity contribution in [1.82, 2.24) is 10.3 Å². The first-order valence-corrected chi connectivity index (χ1v) is 8.23. The van der Waals surface area contributed by atoms with Crippen molar-refractivity contribution in [3.63, 3.8) is 0 Å². The van der Waals surface area contributed by atoms with Crippen molar-refractivity contribution in [2.45, 2.75) is 19.1 Å². The Balaban J connectivity index is 1.81. The third-order valence-corrected chi connectivity index (χ3v) is 4.24. The molecule has 0 aromatic heterocycles. The molecule has 2 aromatic rings. The van der Waals surface area contributed by atoms with Crippen LogP contribution in [0.5, 0.6) is 11.5 Å². The van der Waals surface area contributed by atoms with Gasteiger partial charge in [-0.2, -0.15) is 13.9 Å². The molecule has 7 nitrogen and oxygen atoms in total. The first-order valence-electron chi connectivity index (χ1n) is 8.23.